The molecule has 1 heterocycles. The second-order valence-electron chi connectivity index (χ2n) is 5.98. The van der Waals surface area contributed by atoms with Gasteiger partial charge in [0.1, 0.15) is 5.76 Å². The normalized spacial score (nSPS) is 10.5. The summed E-state index contributed by atoms with van der Waals surface area (Å²) in [6.07, 6.45) is 0.170. The number of hydrogen-bond acceptors (Lipinski definition) is 5. The molecule has 1 aromatic carbocycles. The van der Waals surface area contributed by atoms with Crippen LogP contribution in [0.2, 0.25) is 0 Å². The average molecular weight is 358 g/mol. The molecule has 0 radical (unpaired) electrons. The Labute approximate surface area is 153 Å². The van der Waals surface area contributed by atoms with Gasteiger partial charge < -0.3 is 14.7 Å². The third kappa shape index (κ3) is 5.08. The van der Waals surface area contributed by atoms with Crippen LogP contribution in [0.5, 0.6) is 0 Å². The van der Waals surface area contributed by atoms with Gasteiger partial charge in [-0.25, -0.2) is 0 Å². The van der Waals surface area contributed by atoms with Gasteiger partial charge in [-0.2, -0.15) is 0 Å². The first-order chi connectivity index (χ1) is 12.4. The zero-order chi connectivity index (χ0) is 19.1. The minimum Gasteiger partial charge on any atom is -0.372 e. The molecule has 0 aliphatic rings. The summed E-state index contributed by atoms with van der Waals surface area (Å²) < 4.78 is 5.00. The molecule has 2 aromatic rings. The number of anilines is 3. The molecular weight excluding hydrogens is 332 g/mol. The molecule has 0 unspecified atom stereocenters. The van der Waals surface area contributed by atoms with Crippen molar-refractivity contribution in [2.45, 2.75) is 34.1 Å². The van der Waals surface area contributed by atoms with Crippen molar-refractivity contribution in [3.63, 3.8) is 0 Å². The first-order valence-corrected chi connectivity index (χ1v) is 8.80. The number of aromatic nitrogens is 1. The molecule has 7 heteroatoms. The smallest absolute Gasteiger partial charge is 0.226 e. The Morgan fingerprint density at radius 2 is 1.81 bits per heavy atom. The lowest BCUT2D eigenvalue weighted by Crippen LogP contribution is -2.32. The van der Waals surface area contributed by atoms with E-state index in [2.05, 4.69) is 29.2 Å². The van der Waals surface area contributed by atoms with Crippen molar-refractivity contribution in [3.8, 4) is 0 Å². The number of hydrogen-bond donors (Lipinski definition) is 1. The topological polar surface area (TPSA) is 78.7 Å². The summed E-state index contributed by atoms with van der Waals surface area (Å²) in [5, 5.41) is 6.69. The van der Waals surface area contributed by atoms with Gasteiger partial charge in [0.2, 0.25) is 11.8 Å². The van der Waals surface area contributed by atoms with Gasteiger partial charge in [-0.15, -0.1) is 0 Å². The van der Waals surface area contributed by atoms with Crippen LogP contribution in [0.3, 0.4) is 0 Å². The molecule has 1 aromatic heterocycles. The first kappa shape index (κ1) is 19.5. The molecule has 2 rings (SSSR count). The van der Waals surface area contributed by atoms with Crippen LogP contribution in [-0.2, 0) is 9.59 Å². The molecular formula is C19H26N4O3. The number of nitrogens with zero attached hydrogens (tertiary/aromatic N) is 3. The van der Waals surface area contributed by atoms with Crippen molar-refractivity contribution < 1.29 is 14.1 Å². The highest BCUT2D eigenvalue weighted by Crippen LogP contribution is 2.18. The van der Waals surface area contributed by atoms with Crippen molar-refractivity contribution in [3.05, 3.63) is 36.1 Å². The Balaban J connectivity index is 1.92. The molecule has 1 N–H and O–H groups in total. The van der Waals surface area contributed by atoms with Crippen LogP contribution in [0.1, 0.15) is 33.0 Å². The van der Waals surface area contributed by atoms with Crippen LogP contribution in [0, 0.1) is 6.92 Å². The SMILES string of the molecule is CCN(CC)c1ccc(NC(=O)CCN(C(C)=O)c2cc(C)on2)cc1. The third-order valence-electron chi connectivity index (χ3n) is 4.11. The number of benzene rings is 1. The molecule has 0 saturated carbocycles. The summed E-state index contributed by atoms with van der Waals surface area (Å²) >= 11 is 0. The molecule has 2 amide bonds. The summed E-state index contributed by atoms with van der Waals surface area (Å²) in [6, 6.07) is 9.42. The van der Waals surface area contributed by atoms with Crippen LogP contribution in [0.25, 0.3) is 0 Å². The van der Waals surface area contributed by atoms with Crippen LogP contribution < -0.4 is 15.1 Å². The van der Waals surface area contributed by atoms with E-state index in [0.29, 0.717) is 11.6 Å². The Hall–Kier alpha value is -2.83. The Morgan fingerprint density at radius 1 is 1.15 bits per heavy atom. The molecule has 0 fully saturated rings. The predicted molar refractivity (Wildman–Crippen MR) is 103 cm³/mol. The zero-order valence-electron chi connectivity index (χ0n) is 15.8. The van der Waals surface area contributed by atoms with Gasteiger partial charge in [-0.1, -0.05) is 5.16 Å². The van der Waals surface area contributed by atoms with Gasteiger partial charge in [-0.05, 0) is 45.0 Å². The largest absolute Gasteiger partial charge is 0.372 e. The maximum atomic E-state index is 12.2. The average Bonchev–Trinajstić information content (AvgIpc) is 3.03. The van der Waals surface area contributed by atoms with Crippen molar-refractivity contribution in [2.24, 2.45) is 0 Å². The van der Waals surface area contributed by atoms with Crippen LogP contribution in [0.4, 0.5) is 17.2 Å². The second kappa shape index (κ2) is 9.03. The van der Waals surface area contributed by atoms with E-state index in [9.17, 15) is 9.59 Å². The molecule has 0 bridgehead atoms. The molecule has 0 saturated heterocycles. The highest BCUT2D eigenvalue weighted by Gasteiger charge is 2.17. The molecule has 7 nitrogen and oxygen atoms in total. The lowest BCUT2D eigenvalue weighted by molar-refractivity contribution is -0.117. The Bertz CT molecular complexity index is 735. The fraction of sp³-hybridized carbons (Fsp3) is 0.421. The van der Waals surface area contributed by atoms with E-state index >= 15 is 0 Å². The van der Waals surface area contributed by atoms with Gasteiger partial charge >= 0.3 is 0 Å². The molecule has 0 spiro atoms. The standard InChI is InChI=1S/C19H26N4O3/c1-5-22(6-2)17-9-7-16(8-10-17)20-19(25)11-12-23(15(4)24)18-13-14(3)26-21-18/h7-10,13H,5-6,11-12H2,1-4H3,(H,20,25). The summed E-state index contributed by atoms with van der Waals surface area (Å²) in [4.78, 5) is 27.7. The molecule has 0 aliphatic heterocycles. The minimum absolute atomic E-state index is 0.160. The van der Waals surface area contributed by atoms with Crippen molar-refractivity contribution in [1.82, 2.24) is 5.16 Å². The summed E-state index contributed by atoms with van der Waals surface area (Å²) in [7, 11) is 0. The van der Waals surface area contributed by atoms with E-state index in [4.69, 9.17) is 4.52 Å². The predicted octanol–water partition coefficient (Wildman–Crippen LogP) is 3.21. The molecule has 140 valence electrons. The fourth-order valence-corrected chi connectivity index (χ4v) is 2.69. The van der Waals surface area contributed by atoms with Crippen LogP contribution in [0.15, 0.2) is 34.9 Å². The fourth-order valence-electron chi connectivity index (χ4n) is 2.69. The van der Waals surface area contributed by atoms with Gasteiger partial charge in [-0.3, -0.25) is 14.5 Å². The number of nitrogens with one attached hydrogen (secondary N) is 1. The Morgan fingerprint density at radius 3 is 2.31 bits per heavy atom. The maximum absolute atomic E-state index is 12.2. The maximum Gasteiger partial charge on any atom is 0.226 e. The van der Waals surface area contributed by atoms with Gasteiger partial charge in [0.05, 0.1) is 0 Å². The number of carbonyl (C=O) groups is 2. The lowest BCUT2D eigenvalue weighted by Gasteiger charge is -2.21. The van der Waals surface area contributed by atoms with Crippen LogP contribution >= 0.6 is 0 Å². The number of aryl methyl sites for hydroxylation is 1. The van der Waals surface area contributed by atoms with Crippen LogP contribution in [-0.4, -0.2) is 36.6 Å². The first-order valence-electron chi connectivity index (χ1n) is 8.80. The van der Waals surface area contributed by atoms with E-state index in [-0.39, 0.29) is 24.8 Å². The van der Waals surface area contributed by atoms with Crippen molar-refractivity contribution in [2.75, 3.05) is 34.8 Å². The van der Waals surface area contributed by atoms with Crippen molar-refractivity contribution >= 4 is 29.0 Å². The highest BCUT2D eigenvalue weighted by molar-refractivity contribution is 5.94. The van der Waals surface area contributed by atoms with E-state index in [1.165, 1.54) is 11.8 Å². The number of carbonyl (C=O) groups excluding carboxylic acids is 2. The van der Waals surface area contributed by atoms with E-state index in [1.807, 2.05) is 24.3 Å². The monoisotopic (exact) mass is 358 g/mol. The van der Waals surface area contributed by atoms with Gasteiger partial charge in [0.15, 0.2) is 5.82 Å². The second-order valence-corrected chi connectivity index (χ2v) is 5.98. The molecule has 0 atom stereocenters. The Kier molecular flexibility index (Phi) is 6.77. The molecule has 0 aliphatic carbocycles. The zero-order valence-corrected chi connectivity index (χ0v) is 15.8. The van der Waals surface area contributed by atoms with Crippen molar-refractivity contribution in [1.29, 1.82) is 0 Å². The third-order valence-corrected chi connectivity index (χ3v) is 4.11. The quantitative estimate of drug-likeness (QED) is 0.784. The van der Waals surface area contributed by atoms with E-state index < -0.39 is 0 Å². The highest BCUT2D eigenvalue weighted by atomic mass is 16.5. The van der Waals surface area contributed by atoms with Gasteiger partial charge in [0, 0.05) is 50.4 Å². The van der Waals surface area contributed by atoms with E-state index in [1.54, 1.807) is 13.0 Å². The number of rotatable bonds is 8. The summed E-state index contributed by atoms with van der Waals surface area (Å²) in [5.41, 5.74) is 1.86. The summed E-state index contributed by atoms with van der Waals surface area (Å²) in [5.74, 6) is 0.692. The lowest BCUT2D eigenvalue weighted by atomic mass is 10.2. The van der Waals surface area contributed by atoms with E-state index in [0.717, 1.165) is 24.5 Å². The minimum atomic E-state index is -0.185. The summed E-state index contributed by atoms with van der Waals surface area (Å²) in [6.45, 7) is 9.52. The number of amides is 2. The van der Waals surface area contributed by atoms with Gasteiger partial charge in [0.25, 0.3) is 0 Å². The molecule has 26 heavy (non-hydrogen) atoms.